The molecule has 210 valence electrons. The Balaban J connectivity index is 1.86. The number of rotatable bonds is 11. The average Bonchev–Trinajstić information content (AvgIpc) is 3.36. The molecule has 2 unspecified atom stereocenters. The minimum Gasteiger partial charge on any atom is -0.489 e. The zero-order valence-corrected chi connectivity index (χ0v) is 26.2. The lowest BCUT2D eigenvalue weighted by atomic mass is 9.85. The molecular formula is C33H50O4Si. The minimum absolute atomic E-state index is 0.123. The molecule has 1 aliphatic carbocycles. The first kappa shape index (κ1) is 30.5. The zero-order valence-electron chi connectivity index (χ0n) is 25.2. The molecule has 5 heteroatoms. The van der Waals surface area contributed by atoms with Crippen LogP contribution in [0.25, 0.3) is 0 Å². The number of aryl methyl sites for hydroxylation is 1. The van der Waals surface area contributed by atoms with E-state index in [1.165, 1.54) is 11.1 Å². The van der Waals surface area contributed by atoms with E-state index in [9.17, 15) is 4.79 Å². The smallest absolute Gasteiger partial charge is 0.305 e. The van der Waals surface area contributed by atoms with Crippen LogP contribution in [-0.2, 0) is 20.4 Å². The summed E-state index contributed by atoms with van der Waals surface area (Å²) >= 11 is 0. The van der Waals surface area contributed by atoms with Crippen molar-refractivity contribution in [2.24, 2.45) is 17.8 Å². The fourth-order valence-electron chi connectivity index (χ4n) is 5.42. The second kappa shape index (κ2) is 12.9. The molecule has 3 rings (SSSR count). The summed E-state index contributed by atoms with van der Waals surface area (Å²) in [6.45, 7) is 20.4. The normalized spacial score (nSPS) is 24.2. The molecule has 1 aliphatic heterocycles. The molecule has 4 nitrogen and oxygen atoms in total. The maximum absolute atomic E-state index is 11.8. The highest BCUT2D eigenvalue weighted by atomic mass is 28.4. The SMILES string of the molecule is CC#CC[C@H](C)C(C)/C=C/[C@H]1C(O[Si](C)(C)C(C)(C)C)C[C@@H]2Oc3c(CCCC(=O)OCC)cccc3[C@@H]21. The van der Waals surface area contributed by atoms with E-state index in [-0.39, 0.29) is 29.1 Å². The molecule has 0 saturated heterocycles. The van der Waals surface area contributed by atoms with Crippen LogP contribution in [0.4, 0.5) is 0 Å². The third-order valence-electron chi connectivity index (χ3n) is 8.98. The van der Waals surface area contributed by atoms with Crippen LogP contribution in [0.3, 0.4) is 0 Å². The van der Waals surface area contributed by atoms with Crippen molar-refractivity contribution in [1.29, 1.82) is 0 Å². The zero-order chi connectivity index (χ0) is 28.1. The molecule has 0 spiro atoms. The minimum atomic E-state index is -1.94. The van der Waals surface area contributed by atoms with Gasteiger partial charge in [0.05, 0.1) is 12.7 Å². The van der Waals surface area contributed by atoms with Gasteiger partial charge in [-0.3, -0.25) is 4.79 Å². The van der Waals surface area contributed by atoms with Gasteiger partial charge in [-0.2, -0.15) is 0 Å². The van der Waals surface area contributed by atoms with Gasteiger partial charge in [0.25, 0.3) is 0 Å². The van der Waals surface area contributed by atoms with Crippen LogP contribution in [0.5, 0.6) is 5.75 Å². The molecule has 38 heavy (non-hydrogen) atoms. The molecule has 1 aromatic rings. The summed E-state index contributed by atoms with van der Waals surface area (Å²) in [6.07, 6.45) is 8.98. The lowest BCUT2D eigenvalue weighted by Crippen LogP contribution is -2.45. The van der Waals surface area contributed by atoms with Gasteiger partial charge in [0.1, 0.15) is 11.9 Å². The molecule has 0 amide bonds. The predicted octanol–water partition coefficient (Wildman–Crippen LogP) is 8.07. The van der Waals surface area contributed by atoms with Gasteiger partial charge in [-0.15, -0.1) is 11.8 Å². The number of hydrogen-bond acceptors (Lipinski definition) is 4. The number of para-hydroxylation sites is 1. The highest BCUT2D eigenvalue weighted by molar-refractivity contribution is 6.74. The Bertz CT molecular complexity index is 1040. The lowest BCUT2D eigenvalue weighted by Gasteiger charge is -2.40. The largest absolute Gasteiger partial charge is 0.489 e. The fourth-order valence-corrected chi connectivity index (χ4v) is 6.79. The Morgan fingerprint density at radius 2 is 2.00 bits per heavy atom. The van der Waals surface area contributed by atoms with Crippen molar-refractivity contribution in [2.75, 3.05) is 6.61 Å². The van der Waals surface area contributed by atoms with Crippen LogP contribution < -0.4 is 4.74 Å². The van der Waals surface area contributed by atoms with Crippen molar-refractivity contribution >= 4 is 14.3 Å². The van der Waals surface area contributed by atoms with Crippen LogP contribution in [0, 0.1) is 29.6 Å². The van der Waals surface area contributed by atoms with Gasteiger partial charge in [0.15, 0.2) is 8.32 Å². The summed E-state index contributed by atoms with van der Waals surface area (Å²) in [6, 6.07) is 6.55. The Morgan fingerprint density at radius 3 is 2.66 bits per heavy atom. The fraction of sp³-hybridized carbons (Fsp3) is 0.667. The van der Waals surface area contributed by atoms with Crippen molar-refractivity contribution in [3.05, 3.63) is 41.5 Å². The van der Waals surface area contributed by atoms with Gasteiger partial charge in [0, 0.05) is 36.7 Å². The second-order valence-corrected chi connectivity index (χ2v) is 17.5. The second-order valence-electron chi connectivity index (χ2n) is 12.8. The molecule has 0 aromatic heterocycles. The molecule has 6 atom stereocenters. The van der Waals surface area contributed by atoms with Crippen molar-refractivity contribution in [3.8, 4) is 17.6 Å². The number of carbonyl (C=O) groups excluding carboxylic acids is 1. The van der Waals surface area contributed by atoms with E-state index >= 15 is 0 Å². The highest BCUT2D eigenvalue weighted by Gasteiger charge is 2.52. The summed E-state index contributed by atoms with van der Waals surface area (Å²) in [5.41, 5.74) is 2.50. The van der Waals surface area contributed by atoms with E-state index in [2.05, 4.69) is 89.9 Å². The third kappa shape index (κ3) is 7.13. The lowest BCUT2D eigenvalue weighted by molar-refractivity contribution is -0.143. The average molecular weight is 539 g/mol. The molecule has 1 saturated carbocycles. The van der Waals surface area contributed by atoms with Gasteiger partial charge in [-0.05, 0) is 62.2 Å². The summed E-state index contributed by atoms with van der Waals surface area (Å²) in [5, 5.41) is 0.157. The first-order valence-electron chi connectivity index (χ1n) is 14.6. The molecule has 1 fully saturated rings. The molecular weight excluding hydrogens is 488 g/mol. The van der Waals surface area contributed by atoms with Gasteiger partial charge >= 0.3 is 5.97 Å². The highest BCUT2D eigenvalue weighted by Crippen LogP contribution is 2.54. The monoisotopic (exact) mass is 538 g/mol. The number of fused-ring (bicyclic) bond motifs is 3. The Labute approximate surface area is 233 Å². The molecule has 0 radical (unpaired) electrons. The number of benzene rings is 1. The van der Waals surface area contributed by atoms with E-state index in [0.29, 0.717) is 30.8 Å². The van der Waals surface area contributed by atoms with Crippen molar-refractivity contribution in [3.63, 3.8) is 0 Å². The molecule has 1 aromatic carbocycles. The summed E-state index contributed by atoms with van der Waals surface area (Å²) in [7, 11) is -1.94. The van der Waals surface area contributed by atoms with Gasteiger partial charge in [-0.1, -0.05) is 65.0 Å². The van der Waals surface area contributed by atoms with Crippen LogP contribution in [0.1, 0.15) is 91.2 Å². The van der Waals surface area contributed by atoms with E-state index < -0.39 is 8.32 Å². The topological polar surface area (TPSA) is 44.8 Å². The van der Waals surface area contributed by atoms with E-state index in [4.69, 9.17) is 13.9 Å². The van der Waals surface area contributed by atoms with Crippen molar-refractivity contribution in [2.45, 2.75) is 117 Å². The number of hydrogen-bond donors (Lipinski definition) is 0. The summed E-state index contributed by atoms with van der Waals surface area (Å²) in [5.74, 6) is 8.72. The Hall–Kier alpha value is -2.03. The van der Waals surface area contributed by atoms with Crippen LogP contribution in [-0.4, -0.2) is 33.1 Å². The third-order valence-corrected chi connectivity index (χ3v) is 13.5. The number of ether oxygens (including phenoxy) is 2. The number of carbonyl (C=O) groups is 1. The molecule has 0 bridgehead atoms. The van der Waals surface area contributed by atoms with Crippen molar-refractivity contribution in [1.82, 2.24) is 0 Å². The molecule has 0 N–H and O–H groups in total. The standard InChI is InChI=1S/C33H50O4Si/c1-10-12-15-23(3)24(4)20-21-26-28(37-38(8,9)33(5,6)7)22-29-31(26)27-18-13-16-25(32(27)36-29)17-14-19-30(34)35-11-2/h13,16,18,20-21,23-24,26,28-29,31H,11,14-15,17,19,22H2,1-9H3/b21-20+/t23-,24?,26-,28?,29-,31-/m0/s1. The van der Waals surface area contributed by atoms with Crippen LogP contribution >= 0.6 is 0 Å². The maximum atomic E-state index is 11.8. The van der Waals surface area contributed by atoms with Crippen LogP contribution in [0.2, 0.25) is 18.1 Å². The van der Waals surface area contributed by atoms with Gasteiger partial charge in [0.2, 0.25) is 0 Å². The Kier molecular flexibility index (Phi) is 10.3. The predicted molar refractivity (Wildman–Crippen MR) is 159 cm³/mol. The first-order chi connectivity index (χ1) is 17.9. The van der Waals surface area contributed by atoms with Crippen LogP contribution in [0.15, 0.2) is 30.4 Å². The van der Waals surface area contributed by atoms with Crippen molar-refractivity contribution < 1.29 is 18.7 Å². The maximum Gasteiger partial charge on any atom is 0.305 e. The Morgan fingerprint density at radius 1 is 1.26 bits per heavy atom. The number of allylic oxidation sites excluding steroid dienone is 1. The molecule has 2 aliphatic rings. The number of esters is 1. The summed E-state index contributed by atoms with van der Waals surface area (Å²) in [4.78, 5) is 11.8. The van der Waals surface area contributed by atoms with Gasteiger partial charge < -0.3 is 13.9 Å². The van der Waals surface area contributed by atoms with E-state index in [1.54, 1.807) is 0 Å². The van der Waals surface area contributed by atoms with E-state index in [0.717, 1.165) is 31.4 Å². The first-order valence-corrected chi connectivity index (χ1v) is 17.5. The molecule has 1 heterocycles. The quantitative estimate of drug-likeness (QED) is 0.124. The van der Waals surface area contributed by atoms with E-state index in [1.807, 2.05) is 13.8 Å². The van der Waals surface area contributed by atoms with Gasteiger partial charge in [-0.25, -0.2) is 0 Å². The summed E-state index contributed by atoms with van der Waals surface area (Å²) < 4.78 is 18.9.